The van der Waals surface area contributed by atoms with Gasteiger partial charge in [0, 0.05) is 24.4 Å². The second-order valence-electron chi connectivity index (χ2n) is 6.59. The fourth-order valence-corrected chi connectivity index (χ4v) is 2.98. The molecule has 0 bridgehead atoms. The SMILES string of the molecule is CCOC(=O)C(C)NC(=O)CCc1nnc2ccc(NCc3ccccc3Cl)nn12. The van der Waals surface area contributed by atoms with Crippen LogP contribution in [0.1, 0.15) is 31.7 Å². The highest BCUT2D eigenvalue weighted by Gasteiger charge is 2.17. The molecule has 1 unspecified atom stereocenters. The number of rotatable bonds is 9. The van der Waals surface area contributed by atoms with E-state index in [0.29, 0.717) is 35.3 Å². The van der Waals surface area contributed by atoms with Gasteiger partial charge in [-0.1, -0.05) is 29.8 Å². The van der Waals surface area contributed by atoms with Crippen LogP contribution >= 0.6 is 11.6 Å². The highest BCUT2D eigenvalue weighted by Crippen LogP contribution is 2.16. The number of hydrogen-bond donors (Lipinski definition) is 2. The van der Waals surface area contributed by atoms with Crippen LogP contribution in [0, 0.1) is 0 Å². The molecule has 0 aliphatic rings. The number of halogens is 1. The summed E-state index contributed by atoms with van der Waals surface area (Å²) in [6.45, 7) is 4.08. The second kappa shape index (κ2) is 10.0. The maximum Gasteiger partial charge on any atom is 0.328 e. The first kappa shape index (κ1) is 21.5. The van der Waals surface area contributed by atoms with Gasteiger partial charge in [0.1, 0.15) is 11.9 Å². The van der Waals surface area contributed by atoms with E-state index in [-0.39, 0.29) is 18.9 Å². The molecule has 3 rings (SSSR count). The number of hydrogen-bond acceptors (Lipinski definition) is 7. The van der Waals surface area contributed by atoms with Crippen molar-refractivity contribution < 1.29 is 14.3 Å². The Morgan fingerprint density at radius 1 is 1.20 bits per heavy atom. The van der Waals surface area contributed by atoms with Gasteiger partial charge in [-0.05, 0) is 37.6 Å². The van der Waals surface area contributed by atoms with Crippen molar-refractivity contribution in [1.82, 2.24) is 25.1 Å². The molecule has 10 heteroatoms. The Hall–Kier alpha value is -3.20. The van der Waals surface area contributed by atoms with Gasteiger partial charge in [0.05, 0.1) is 6.61 Å². The summed E-state index contributed by atoms with van der Waals surface area (Å²) in [5, 5.41) is 19.2. The predicted molar refractivity (Wildman–Crippen MR) is 112 cm³/mol. The summed E-state index contributed by atoms with van der Waals surface area (Å²) in [6.07, 6.45) is 0.465. The minimum atomic E-state index is -0.702. The Bertz CT molecular complexity index is 1040. The zero-order chi connectivity index (χ0) is 21.5. The molecule has 0 saturated carbocycles. The van der Waals surface area contributed by atoms with Crippen molar-refractivity contribution in [1.29, 1.82) is 0 Å². The van der Waals surface area contributed by atoms with E-state index in [1.54, 1.807) is 30.5 Å². The summed E-state index contributed by atoms with van der Waals surface area (Å²) in [5.41, 5.74) is 1.53. The molecule has 0 radical (unpaired) electrons. The van der Waals surface area contributed by atoms with Crippen molar-refractivity contribution in [2.75, 3.05) is 11.9 Å². The molecule has 1 aromatic carbocycles. The Labute approximate surface area is 178 Å². The molecule has 158 valence electrons. The third-order valence-electron chi connectivity index (χ3n) is 4.34. The molecule has 1 atom stereocenters. The minimum absolute atomic E-state index is 0.142. The van der Waals surface area contributed by atoms with Crippen molar-refractivity contribution in [3.8, 4) is 0 Å². The van der Waals surface area contributed by atoms with E-state index in [1.165, 1.54) is 0 Å². The van der Waals surface area contributed by atoms with E-state index in [1.807, 2.05) is 24.3 Å². The van der Waals surface area contributed by atoms with Gasteiger partial charge >= 0.3 is 5.97 Å². The van der Waals surface area contributed by atoms with Crippen LogP contribution in [0.5, 0.6) is 0 Å². The Kier molecular flexibility index (Phi) is 7.18. The summed E-state index contributed by atoms with van der Waals surface area (Å²) in [6, 6.07) is 10.5. The molecule has 0 fully saturated rings. The molecule has 0 aliphatic carbocycles. The minimum Gasteiger partial charge on any atom is -0.464 e. The first-order chi connectivity index (χ1) is 14.5. The molecule has 2 N–H and O–H groups in total. The van der Waals surface area contributed by atoms with Crippen molar-refractivity contribution in [3.63, 3.8) is 0 Å². The quantitative estimate of drug-likeness (QED) is 0.501. The van der Waals surface area contributed by atoms with Crippen LogP contribution in [0.2, 0.25) is 5.02 Å². The monoisotopic (exact) mass is 430 g/mol. The van der Waals surface area contributed by atoms with Crippen LogP contribution in [0.25, 0.3) is 5.65 Å². The number of ether oxygens (including phenoxy) is 1. The summed E-state index contributed by atoms with van der Waals surface area (Å²) in [7, 11) is 0. The van der Waals surface area contributed by atoms with E-state index in [4.69, 9.17) is 16.3 Å². The fourth-order valence-electron chi connectivity index (χ4n) is 2.78. The van der Waals surface area contributed by atoms with Gasteiger partial charge in [0.25, 0.3) is 0 Å². The molecule has 30 heavy (non-hydrogen) atoms. The lowest BCUT2D eigenvalue weighted by molar-refractivity contribution is -0.146. The number of nitrogens with one attached hydrogen (secondary N) is 2. The second-order valence-corrected chi connectivity index (χ2v) is 7.00. The lowest BCUT2D eigenvalue weighted by Gasteiger charge is -2.12. The highest BCUT2D eigenvalue weighted by atomic mass is 35.5. The lowest BCUT2D eigenvalue weighted by atomic mass is 10.2. The zero-order valence-electron chi connectivity index (χ0n) is 16.8. The largest absolute Gasteiger partial charge is 0.464 e. The Morgan fingerprint density at radius 2 is 2.00 bits per heavy atom. The molecule has 9 nitrogen and oxygen atoms in total. The smallest absolute Gasteiger partial charge is 0.328 e. The molecule has 1 amide bonds. The number of esters is 1. The highest BCUT2D eigenvalue weighted by molar-refractivity contribution is 6.31. The number of benzene rings is 1. The van der Waals surface area contributed by atoms with Crippen LogP contribution in [0.4, 0.5) is 5.82 Å². The number of aryl methyl sites for hydroxylation is 1. The number of nitrogens with zero attached hydrogens (tertiary/aromatic N) is 4. The van der Waals surface area contributed by atoms with Crippen LogP contribution in [-0.2, 0) is 27.3 Å². The molecule has 0 aliphatic heterocycles. The van der Waals surface area contributed by atoms with Gasteiger partial charge in [-0.15, -0.1) is 15.3 Å². The number of carbonyl (C=O) groups is 2. The summed E-state index contributed by atoms with van der Waals surface area (Å²) in [5.74, 6) is 0.434. The average Bonchev–Trinajstić information content (AvgIpc) is 3.14. The molecule has 0 saturated heterocycles. The first-order valence-electron chi connectivity index (χ1n) is 9.62. The van der Waals surface area contributed by atoms with Crippen molar-refractivity contribution in [3.05, 3.63) is 52.8 Å². The van der Waals surface area contributed by atoms with E-state index >= 15 is 0 Å². The van der Waals surface area contributed by atoms with E-state index in [0.717, 1.165) is 5.56 Å². The Morgan fingerprint density at radius 3 is 2.77 bits per heavy atom. The Balaban J connectivity index is 1.61. The van der Waals surface area contributed by atoms with Gasteiger partial charge in [-0.3, -0.25) is 4.79 Å². The average molecular weight is 431 g/mol. The molecule has 0 spiro atoms. The number of amides is 1. The van der Waals surface area contributed by atoms with Crippen molar-refractivity contribution in [2.24, 2.45) is 0 Å². The van der Waals surface area contributed by atoms with E-state index in [9.17, 15) is 9.59 Å². The molecule has 3 aromatic rings. The van der Waals surface area contributed by atoms with Gasteiger partial charge in [-0.25, -0.2) is 4.79 Å². The number of fused-ring (bicyclic) bond motifs is 1. The van der Waals surface area contributed by atoms with Gasteiger partial charge in [0.2, 0.25) is 5.91 Å². The van der Waals surface area contributed by atoms with E-state index < -0.39 is 12.0 Å². The van der Waals surface area contributed by atoms with Crippen LogP contribution in [0.15, 0.2) is 36.4 Å². The zero-order valence-corrected chi connectivity index (χ0v) is 17.5. The van der Waals surface area contributed by atoms with Crippen LogP contribution in [0.3, 0.4) is 0 Å². The maximum atomic E-state index is 12.1. The van der Waals surface area contributed by atoms with Crippen LogP contribution in [-0.4, -0.2) is 44.3 Å². The van der Waals surface area contributed by atoms with Crippen LogP contribution < -0.4 is 10.6 Å². The predicted octanol–water partition coefficient (Wildman–Crippen LogP) is 2.39. The molecule has 2 heterocycles. The standard InChI is InChI=1S/C20H23ClN6O3/c1-3-30-20(29)13(2)23-19(28)11-10-18-25-24-17-9-8-16(26-27(17)18)22-12-14-6-4-5-7-15(14)21/h4-9,13H,3,10-12H2,1-2H3,(H,22,26)(H,23,28). The molecular weight excluding hydrogens is 408 g/mol. The molecular formula is C20H23ClN6O3. The van der Waals surface area contributed by atoms with Crippen molar-refractivity contribution >= 4 is 34.9 Å². The van der Waals surface area contributed by atoms with Gasteiger partial charge < -0.3 is 15.4 Å². The third-order valence-corrected chi connectivity index (χ3v) is 4.71. The molecule has 2 aromatic heterocycles. The van der Waals surface area contributed by atoms with Gasteiger partial charge in [-0.2, -0.15) is 4.52 Å². The number of carbonyl (C=O) groups excluding carboxylic acids is 2. The van der Waals surface area contributed by atoms with E-state index in [2.05, 4.69) is 25.9 Å². The summed E-state index contributed by atoms with van der Waals surface area (Å²) < 4.78 is 6.48. The number of anilines is 1. The normalized spacial score (nSPS) is 11.8. The summed E-state index contributed by atoms with van der Waals surface area (Å²) >= 11 is 6.18. The fraction of sp³-hybridized carbons (Fsp3) is 0.350. The maximum absolute atomic E-state index is 12.1. The third kappa shape index (κ3) is 5.44. The first-order valence-corrected chi connectivity index (χ1v) is 10.0. The topological polar surface area (TPSA) is 111 Å². The number of aromatic nitrogens is 4. The van der Waals surface area contributed by atoms with Crippen molar-refractivity contribution in [2.45, 2.75) is 39.3 Å². The van der Waals surface area contributed by atoms with Gasteiger partial charge in [0.15, 0.2) is 11.5 Å². The lowest BCUT2D eigenvalue weighted by Crippen LogP contribution is -2.39. The summed E-state index contributed by atoms with van der Waals surface area (Å²) in [4.78, 5) is 23.8.